The SMILES string of the molecule is C#C[C@@H]1C[C@H]1C(=O)O. The van der Waals surface area contributed by atoms with Crippen LogP contribution in [0.3, 0.4) is 0 Å². The van der Waals surface area contributed by atoms with E-state index in [1.165, 1.54) is 0 Å². The van der Waals surface area contributed by atoms with Crippen molar-refractivity contribution in [3.8, 4) is 12.3 Å². The maximum Gasteiger partial charge on any atom is 0.307 e. The highest BCUT2D eigenvalue weighted by Gasteiger charge is 2.41. The smallest absolute Gasteiger partial charge is 0.307 e. The number of rotatable bonds is 1. The van der Waals surface area contributed by atoms with E-state index in [1.54, 1.807) is 0 Å². The van der Waals surface area contributed by atoms with E-state index in [0.717, 1.165) is 0 Å². The van der Waals surface area contributed by atoms with E-state index in [9.17, 15) is 4.79 Å². The van der Waals surface area contributed by atoms with Crippen molar-refractivity contribution in [1.82, 2.24) is 0 Å². The second-order valence-electron chi connectivity index (χ2n) is 1.95. The summed E-state index contributed by atoms with van der Waals surface area (Å²) in [5, 5.41) is 8.26. The summed E-state index contributed by atoms with van der Waals surface area (Å²) < 4.78 is 0. The number of aliphatic carboxylic acids is 1. The van der Waals surface area contributed by atoms with E-state index in [4.69, 9.17) is 11.5 Å². The Morgan fingerprint density at radius 3 is 2.62 bits per heavy atom. The molecule has 2 nitrogen and oxygen atoms in total. The third-order valence-corrected chi connectivity index (χ3v) is 1.32. The Bertz CT molecular complexity index is 154. The molecular weight excluding hydrogens is 104 g/mol. The Morgan fingerprint density at radius 1 is 1.88 bits per heavy atom. The lowest BCUT2D eigenvalue weighted by atomic mass is 10.3. The lowest BCUT2D eigenvalue weighted by Crippen LogP contribution is -1.97. The monoisotopic (exact) mass is 110 g/mol. The molecule has 0 bridgehead atoms. The molecule has 0 heterocycles. The molecule has 1 aliphatic rings. The summed E-state index contributed by atoms with van der Waals surface area (Å²) in [7, 11) is 0. The summed E-state index contributed by atoms with van der Waals surface area (Å²) in [5.74, 6) is 1.42. The molecule has 42 valence electrons. The van der Waals surface area contributed by atoms with Crippen LogP contribution in [0.15, 0.2) is 0 Å². The zero-order valence-corrected chi connectivity index (χ0v) is 4.29. The van der Waals surface area contributed by atoms with Crippen molar-refractivity contribution < 1.29 is 9.90 Å². The lowest BCUT2D eigenvalue weighted by molar-refractivity contribution is -0.138. The van der Waals surface area contributed by atoms with Crippen molar-refractivity contribution in [2.75, 3.05) is 0 Å². The van der Waals surface area contributed by atoms with Gasteiger partial charge in [-0.25, -0.2) is 0 Å². The molecule has 1 fully saturated rings. The molecule has 0 aliphatic heterocycles. The van der Waals surface area contributed by atoms with Gasteiger partial charge in [-0.15, -0.1) is 12.3 Å². The van der Waals surface area contributed by atoms with Crippen LogP contribution in [-0.2, 0) is 4.79 Å². The first-order chi connectivity index (χ1) is 3.75. The van der Waals surface area contributed by atoms with E-state index in [1.807, 2.05) is 0 Å². The summed E-state index contributed by atoms with van der Waals surface area (Å²) in [6, 6.07) is 0. The standard InChI is InChI=1S/C6H6O2/c1-2-4-3-5(4)6(7)8/h1,4-5H,3H2,(H,7,8)/t4-,5-/m1/s1. The Balaban J connectivity index is 2.40. The van der Waals surface area contributed by atoms with Gasteiger partial charge in [-0.05, 0) is 6.42 Å². The van der Waals surface area contributed by atoms with Crippen LogP contribution in [0.5, 0.6) is 0 Å². The van der Waals surface area contributed by atoms with Crippen LogP contribution in [-0.4, -0.2) is 11.1 Å². The number of terminal acetylenes is 1. The van der Waals surface area contributed by atoms with Crippen molar-refractivity contribution in [1.29, 1.82) is 0 Å². The molecule has 2 heteroatoms. The molecule has 1 aliphatic carbocycles. The maximum atomic E-state index is 10.0. The first-order valence-electron chi connectivity index (χ1n) is 2.44. The van der Waals surface area contributed by atoms with Crippen LogP contribution in [0.1, 0.15) is 6.42 Å². The lowest BCUT2D eigenvalue weighted by Gasteiger charge is -1.79. The second-order valence-corrected chi connectivity index (χ2v) is 1.95. The molecular formula is C6H6O2. The first kappa shape index (κ1) is 5.17. The highest BCUT2D eigenvalue weighted by Crippen LogP contribution is 2.37. The van der Waals surface area contributed by atoms with Crippen LogP contribution in [0.2, 0.25) is 0 Å². The van der Waals surface area contributed by atoms with Gasteiger partial charge in [-0.2, -0.15) is 0 Å². The minimum absolute atomic E-state index is 0.0208. The fourth-order valence-corrected chi connectivity index (χ4v) is 0.652. The average Bonchev–Trinajstić information content (AvgIpc) is 2.42. The van der Waals surface area contributed by atoms with Crippen LogP contribution in [0, 0.1) is 24.2 Å². The van der Waals surface area contributed by atoms with Crippen LogP contribution in [0.4, 0.5) is 0 Å². The summed E-state index contributed by atoms with van der Waals surface area (Å²) in [6.07, 6.45) is 5.62. The third kappa shape index (κ3) is 0.671. The Hall–Kier alpha value is -0.970. The maximum absolute atomic E-state index is 10.0. The van der Waals surface area contributed by atoms with Gasteiger partial charge in [0.1, 0.15) is 0 Å². The fraction of sp³-hybridized carbons (Fsp3) is 0.500. The van der Waals surface area contributed by atoms with Crippen LogP contribution < -0.4 is 0 Å². The van der Waals surface area contributed by atoms with Gasteiger partial charge in [-0.3, -0.25) is 4.79 Å². The molecule has 2 atom stereocenters. The number of carbonyl (C=O) groups is 1. The summed E-state index contributed by atoms with van der Waals surface area (Å²) in [4.78, 5) is 10.0. The highest BCUT2D eigenvalue weighted by molar-refractivity contribution is 5.74. The quantitative estimate of drug-likeness (QED) is 0.494. The molecule has 8 heavy (non-hydrogen) atoms. The summed E-state index contributed by atoms with van der Waals surface area (Å²) in [6.45, 7) is 0. The Labute approximate surface area is 47.5 Å². The minimum Gasteiger partial charge on any atom is -0.481 e. The Kier molecular flexibility index (Phi) is 0.980. The summed E-state index contributed by atoms with van der Waals surface area (Å²) >= 11 is 0. The average molecular weight is 110 g/mol. The second kappa shape index (κ2) is 1.52. The third-order valence-electron chi connectivity index (χ3n) is 1.32. The molecule has 0 aromatic rings. The summed E-state index contributed by atoms with van der Waals surface area (Å²) in [5.41, 5.74) is 0. The molecule has 0 amide bonds. The van der Waals surface area contributed by atoms with Gasteiger partial charge in [0.25, 0.3) is 0 Å². The zero-order valence-electron chi connectivity index (χ0n) is 4.29. The van der Waals surface area contributed by atoms with Gasteiger partial charge in [0.05, 0.1) is 5.92 Å². The number of carboxylic acids is 1. The Morgan fingerprint density at radius 2 is 2.50 bits per heavy atom. The number of carboxylic acid groups (broad SMARTS) is 1. The fourth-order valence-electron chi connectivity index (χ4n) is 0.652. The highest BCUT2D eigenvalue weighted by atomic mass is 16.4. The minimum atomic E-state index is -0.757. The topological polar surface area (TPSA) is 37.3 Å². The molecule has 1 N–H and O–H groups in total. The first-order valence-corrected chi connectivity index (χ1v) is 2.44. The zero-order chi connectivity index (χ0) is 6.15. The molecule has 1 rings (SSSR count). The molecule has 0 spiro atoms. The van der Waals surface area contributed by atoms with E-state index in [0.29, 0.717) is 6.42 Å². The van der Waals surface area contributed by atoms with E-state index in [-0.39, 0.29) is 11.8 Å². The van der Waals surface area contributed by atoms with Crippen molar-refractivity contribution in [3.63, 3.8) is 0 Å². The van der Waals surface area contributed by atoms with Crippen molar-refractivity contribution >= 4 is 5.97 Å². The predicted molar refractivity (Wildman–Crippen MR) is 28.1 cm³/mol. The molecule has 0 radical (unpaired) electrons. The van der Waals surface area contributed by atoms with Crippen LogP contribution in [0.25, 0.3) is 0 Å². The normalized spacial score (nSPS) is 33.4. The molecule has 1 saturated carbocycles. The van der Waals surface area contributed by atoms with E-state index in [2.05, 4.69) is 5.92 Å². The molecule has 0 saturated heterocycles. The van der Waals surface area contributed by atoms with Crippen molar-refractivity contribution in [2.45, 2.75) is 6.42 Å². The van der Waals surface area contributed by atoms with Gasteiger partial charge in [-0.1, -0.05) is 0 Å². The van der Waals surface area contributed by atoms with Gasteiger partial charge < -0.3 is 5.11 Å². The van der Waals surface area contributed by atoms with E-state index >= 15 is 0 Å². The van der Waals surface area contributed by atoms with Gasteiger partial charge in [0.15, 0.2) is 0 Å². The molecule has 0 aromatic heterocycles. The number of hydrogen-bond donors (Lipinski definition) is 1. The van der Waals surface area contributed by atoms with Gasteiger partial charge >= 0.3 is 5.97 Å². The largest absolute Gasteiger partial charge is 0.481 e. The van der Waals surface area contributed by atoms with Crippen molar-refractivity contribution in [2.24, 2.45) is 11.8 Å². The predicted octanol–water partition coefficient (Wildman–Crippen LogP) is 0.340. The molecule has 0 unspecified atom stereocenters. The van der Waals surface area contributed by atoms with Gasteiger partial charge in [0.2, 0.25) is 0 Å². The van der Waals surface area contributed by atoms with Crippen LogP contribution >= 0.6 is 0 Å². The molecule has 0 aromatic carbocycles. The number of hydrogen-bond acceptors (Lipinski definition) is 1. The van der Waals surface area contributed by atoms with E-state index < -0.39 is 5.97 Å². The van der Waals surface area contributed by atoms with Gasteiger partial charge in [0, 0.05) is 5.92 Å². The van der Waals surface area contributed by atoms with Crippen molar-refractivity contribution in [3.05, 3.63) is 0 Å².